The van der Waals surface area contributed by atoms with Crippen molar-refractivity contribution < 1.29 is 9.53 Å². The maximum Gasteiger partial charge on any atom is 0.254 e. The fourth-order valence-corrected chi connectivity index (χ4v) is 2.42. The fourth-order valence-electron chi connectivity index (χ4n) is 2.24. The molecule has 0 bridgehead atoms. The third-order valence-corrected chi connectivity index (χ3v) is 3.66. The first-order valence-corrected chi connectivity index (χ1v) is 6.43. The number of halogens is 1. The molecule has 2 rings (SSSR count). The Bertz CT molecular complexity index is 439. The second-order valence-corrected chi connectivity index (χ2v) is 5.05. The lowest BCUT2D eigenvalue weighted by Gasteiger charge is -2.36. The zero-order valence-electron chi connectivity index (χ0n) is 10.6. The smallest absolute Gasteiger partial charge is 0.254 e. The summed E-state index contributed by atoms with van der Waals surface area (Å²) in [5.74, 6) is 0.480. The summed E-state index contributed by atoms with van der Waals surface area (Å²) in [4.78, 5) is 18.0. The van der Waals surface area contributed by atoms with E-state index in [0.717, 1.165) is 13.0 Å². The van der Waals surface area contributed by atoms with Gasteiger partial charge in [0.15, 0.2) is 0 Å². The first-order chi connectivity index (χ1) is 8.61. The van der Waals surface area contributed by atoms with E-state index in [0.29, 0.717) is 23.2 Å². The van der Waals surface area contributed by atoms with Gasteiger partial charge in [-0.2, -0.15) is 0 Å². The fraction of sp³-hybridized carbons (Fsp3) is 0.538. The Morgan fingerprint density at radius 3 is 3.06 bits per heavy atom. The van der Waals surface area contributed by atoms with Gasteiger partial charge in [-0.15, -0.1) is 0 Å². The molecule has 0 saturated carbocycles. The lowest BCUT2D eigenvalue weighted by molar-refractivity contribution is -0.00156. The number of rotatable bonds is 2. The molecule has 2 heterocycles. The van der Waals surface area contributed by atoms with E-state index in [-0.39, 0.29) is 12.0 Å². The number of likely N-dealkylation sites (tertiary alicyclic amines) is 1. The molecule has 0 spiro atoms. The highest BCUT2D eigenvalue weighted by atomic mass is 35.5. The number of pyridine rings is 1. The Labute approximate surface area is 112 Å². The molecule has 1 aliphatic heterocycles. The van der Waals surface area contributed by atoms with Gasteiger partial charge in [-0.05, 0) is 24.5 Å². The molecule has 1 aromatic rings. The minimum absolute atomic E-state index is 0.00625. The zero-order valence-corrected chi connectivity index (χ0v) is 11.4. The molecule has 18 heavy (non-hydrogen) atoms. The Hall–Kier alpha value is -1.13. The molecule has 98 valence electrons. The van der Waals surface area contributed by atoms with E-state index in [1.54, 1.807) is 25.4 Å². The Morgan fingerprint density at radius 1 is 1.61 bits per heavy atom. The van der Waals surface area contributed by atoms with Crippen LogP contribution >= 0.6 is 11.6 Å². The number of nitrogens with zero attached hydrogens (tertiary/aromatic N) is 2. The van der Waals surface area contributed by atoms with E-state index in [9.17, 15) is 4.79 Å². The molecule has 1 aromatic heterocycles. The molecule has 1 amide bonds. The van der Waals surface area contributed by atoms with Crippen LogP contribution in [-0.4, -0.2) is 42.1 Å². The number of aromatic nitrogens is 1. The summed E-state index contributed by atoms with van der Waals surface area (Å²) in [6.07, 6.45) is 2.62. The van der Waals surface area contributed by atoms with Crippen molar-refractivity contribution in [2.45, 2.75) is 19.4 Å². The lowest BCUT2D eigenvalue weighted by atomic mass is 9.95. The van der Waals surface area contributed by atoms with Crippen LogP contribution in [0.25, 0.3) is 0 Å². The third-order valence-electron chi connectivity index (χ3n) is 3.45. The largest absolute Gasteiger partial charge is 0.379 e. The highest BCUT2D eigenvalue weighted by Gasteiger charge is 2.29. The second kappa shape index (κ2) is 5.67. The molecule has 0 N–H and O–H groups in total. The van der Waals surface area contributed by atoms with Crippen molar-refractivity contribution in [3.05, 3.63) is 29.0 Å². The topological polar surface area (TPSA) is 42.4 Å². The van der Waals surface area contributed by atoms with Crippen molar-refractivity contribution >= 4 is 17.5 Å². The Balaban J connectivity index is 2.10. The van der Waals surface area contributed by atoms with Crippen molar-refractivity contribution in [3.8, 4) is 0 Å². The van der Waals surface area contributed by atoms with E-state index in [2.05, 4.69) is 11.9 Å². The van der Waals surface area contributed by atoms with Gasteiger partial charge in [-0.25, -0.2) is 4.98 Å². The number of hydrogen-bond donors (Lipinski definition) is 0. The van der Waals surface area contributed by atoms with Crippen molar-refractivity contribution in [1.82, 2.24) is 9.88 Å². The standard InChI is InChI=1S/C13H17ClN2O2/c1-9-4-6-16(8-11(9)18-2)13(17)10-3-5-15-12(14)7-10/h3,5,7,9,11H,4,6,8H2,1-2H3. The van der Waals surface area contributed by atoms with Crippen molar-refractivity contribution in [1.29, 1.82) is 0 Å². The van der Waals surface area contributed by atoms with Gasteiger partial charge in [0.2, 0.25) is 0 Å². The van der Waals surface area contributed by atoms with Gasteiger partial charge < -0.3 is 9.64 Å². The first-order valence-electron chi connectivity index (χ1n) is 6.05. The second-order valence-electron chi connectivity index (χ2n) is 4.66. The van der Waals surface area contributed by atoms with Crippen molar-refractivity contribution in [3.63, 3.8) is 0 Å². The minimum Gasteiger partial charge on any atom is -0.379 e. The van der Waals surface area contributed by atoms with Gasteiger partial charge in [-0.1, -0.05) is 18.5 Å². The number of ether oxygens (including phenoxy) is 1. The number of carbonyl (C=O) groups excluding carboxylic acids is 1. The number of methoxy groups -OCH3 is 1. The van der Waals surface area contributed by atoms with Crippen LogP contribution in [-0.2, 0) is 4.74 Å². The average molecular weight is 269 g/mol. The number of amides is 1. The maximum absolute atomic E-state index is 12.3. The highest BCUT2D eigenvalue weighted by molar-refractivity contribution is 6.29. The molecular weight excluding hydrogens is 252 g/mol. The number of piperidine rings is 1. The summed E-state index contributed by atoms with van der Waals surface area (Å²) >= 11 is 5.80. The van der Waals surface area contributed by atoms with Gasteiger partial charge in [0.25, 0.3) is 5.91 Å². The quantitative estimate of drug-likeness (QED) is 0.773. The van der Waals surface area contributed by atoms with E-state index in [4.69, 9.17) is 16.3 Å². The molecule has 0 aromatic carbocycles. The van der Waals surface area contributed by atoms with Crippen molar-refractivity contribution in [2.24, 2.45) is 5.92 Å². The third kappa shape index (κ3) is 2.82. The van der Waals surface area contributed by atoms with Crippen LogP contribution in [0.4, 0.5) is 0 Å². The maximum atomic E-state index is 12.3. The Morgan fingerprint density at radius 2 is 2.39 bits per heavy atom. The van der Waals surface area contributed by atoms with Crippen LogP contribution in [0.5, 0.6) is 0 Å². The minimum atomic E-state index is -0.00625. The van der Waals surface area contributed by atoms with E-state index in [1.165, 1.54) is 0 Å². The zero-order chi connectivity index (χ0) is 13.1. The molecule has 0 radical (unpaired) electrons. The Kier molecular flexibility index (Phi) is 4.19. The van der Waals surface area contributed by atoms with Crippen LogP contribution in [0.1, 0.15) is 23.7 Å². The summed E-state index contributed by atoms with van der Waals surface area (Å²) in [6, 6.07) is 3.29. The van der Waals surface area contributed by atoms with Gasteiger partial charge in [0.1, 0.15) is 5.15 Å². The SMILES string of the molecule is COC1CN(C(=O)c2ccnc(Cl)c2)CCC1C. The first kappa shape index (κ1) is 13.3. The van der Waals surface area contributed by atoms with Gasteiger partial charge in [-0.3, -0.25) is 4.79 Å². The summed E-state index contributed by atoms with van der Waals surface area (Å²) in [7, 11) is 1.69. The highest BCUT2D eigenvalue weighted by Crippen LogP contribution is 2.21. The van der Waals surface area contributed by atoms with Crippen LogP contribution < -0.4 is 0 Å². The number of hydrogen-bond acceptors (Lipinski definition) is 3. The van der Waals surface area contributed by atoms with Gasteiger partial charge >= 0.3 is 0 Å². The molecule has 4 nitrogen and oxygen atoms in total. The van der Waals surface area contributed by atoms with E-state index < -0.39 is 0 Å². The monoisotopic (exact) mass is 268 g/mol. The molecule has 5 heteroatoms. The van der Waals surface area contributed by atoms with E-state index in [1.807, 2.05) is 4.90 Å². The van der Waals surface area contributed by atoms with Crippen LogP contribution in [0.15, 0.2) is 18.3 Å². The van der Waals surface area contributed by atoms with Crippen LogP contribution in [0.2, 0.25) is 5.15 Å². The van der Waals surface area contributed by atoms with Gasteiger partial charge in [0.05, 0.1) is 6.10 Å². The van der Waals surface area contributed by atoms with E-state index >= 15 is 0 Å². The predicted octanol–water partition coefficient (Wildman–Crippen LogP) is 2.23. The van der Waals surface area contributed by atoms with Crippen molar-refractivity contribution in [2.75, 3.05) is 20.2 Å². The summed E-state index contributed by atoms with van der Waals surface area (Å²) in [5, 5.41) is 0.342. The molecule has 2 atom stereocenters. The molecule has 2 unspecified atom stereocenters. The van der Waals surface area contributed by atoms with Crippen LogP contribution in [0.3, 0.4) is 0 Å². The number of carbonyl (C=O) groups is 1. The van der Waals surface area contributed by atoms with Crippen LogP contribution in [0, 0.1) is 5.92 Å². The lowest BCUT2D eigenvalue weighted by Crippen LogP contribution is -2.46. The summed E-state index contributed by atoms with van der Waals surface area (Å²) < 4.78 is 5.41. The summed E-state index contributed by atoms with van der Waals surface area (Å²) in [6.45, 7) is 3.55. The summed E-state index contributed by atoms with van der Waals surface area (Å²) in [5.41, 5.74) is 0.583. The molecule has 1 saturated heterocycles. The molecule has 0 aliphatic carbocycles. The normalized spacial score (nSPS) is 24.1. The molecule has 1 fully saturated rings. The molecular formula is C13H17ClN2O2. The molecule has 1 aliphatic rings. The van der Waals surface area contributed by atoms with Gasteiger partial charge in [0, 0.05) is 32.0 Å². The average Bonchev–Trinajstić information content (AvgIpc) is 2.38. The predicted molar refractivity (Wildman–Crippen MR) is 69.7 cm³/mol.